The molecule has 3 rings (SSSR count). The molecule has 0 radical (unpaired) electrons. The average molecular weight is 354 g/mol. The largest absolute Gasteiger partial charge is 0.368 e. The van der Waals surface area contributed by atoms with Crippen molar-refractivity contribution in [3.63, 3.8) is 0 Å². The summed E-state index contributed by atoms with van der Waals surface area (Å²) in [4.78, 5) is 16.8. The molecule has 0 aromatic heterocycles. The normalized spacial score (nSPS) is 15.2. The molecule has 0 unspecified atom stereocenters. The second-order valence-corrected chi connectivity index (χ2v) is 7.94. The molecule has 2 aromatic rings. The lowest BCUT2D eigenvalue weighted by Gasteiger charge is -2.38. The Kier molecular flexibility index (Phi) is 5.30. The van der Waals surface area contributed by atoms with E-state index in [0.717, 1.165) is 18.7 Å². The van der Waals surface area contributed by atoms with Gasteiger partial charge in [0.1, 0.15) is 5.82 Å². The van der Waals surface area contributed by atoms with Gasteiger partial charge in [-0.15, -0.1) is 0 Å². The van der Waals surface area contributed by atoms with Gasteiger partial charge in [0.05, 0.1) is 6.42 Å². The van der Waals surface area contributed by atoms with E-state index in [2.05, 4.69) is 49.9 Å². The molecule has 0 spiro atoms. The van der Waals surface area contributed by atoms with E-state index in [1.807, 2.05) is 4.90 Å². The number of rotatable bonds is 3. The van der Waals surface area contributed by atoms with Crippen LogP contribution in [0.1, 0.15) is 31.9 Å². The Morgan fingerprint density at radius 1 is 1.00 bits per heavy atom. The van der Waals surface area contributed by atoms with Gasteiger partial charge in [-0.3, -0.25) is 4.79 Å². The first-order valence-electron chi connectivity index (χ1n) is 9.21. The lowest BCUT2D eigenvalue weighted by Crippen LogP contribution is -2.49. The van der Waals surface area contributed by atoms with E-state index in [1.165, 1.54) is 23.4 Å². The lowest BCUT2D eigenvalue weighted by molar-refractivity contribution is -0.130. The number of nitrogens with zero attached hydrogens (tertiary/aromatic N) is 2. The van der Waals surface area contributed by atoms with Crippen LogP contribution < -0.4 is 4.90 Å². The molecule has 1 amide bonds. The highest BCUT2D eigenvalue weighted by Crippen LogP contribution is 2.32. The van der Waals surface area contributed by atoms with Crippen molar-refractivity contribution in [1.82, 2.24) is 4.90 Å². The SMILES string of the molecule is CC(C)(C)c1ccccc1N1CCN(C(=O)Cc2cccc(F)c2)CC1. The van der Waals surface area contributed by atoms with Crippen molar-refractivity contribution >= 4 is 11.6 Å². The van der Waals surface area contributed by atoms with Gasteiger partial charge in [0.25, 0.3) is 0 Å². The van der Waals surface area contributed by atoms with Gasteiger partial charge in [0.2, 0.25) is 5.91 Å². The molecule has 26 heavy (non-hydrogen) atoms. The van der Waals surface area contributed by atoms with Crippen LogP contribution in [-0.4, -0.2) is 37.0 Å². The van der Waals surface area contributed by atoms with Gasteiger partial charge in [0, 0.05) is 31.9 Å². The summed E-state index contributed by atoms with van der Waals surface area (Å²) >= 11 is 0. The van der Waals surface area contributed by atoms with E-state index < -0.39 is 0 Å². The quantitative estimate of drug-likeness (QED) is 0.831. The molecule has 1 aliphatic rings. The summed E-state index contributed by atoms with van der Waals surface area (Å²) < 4.78 is 13.3. The minimum absolute atomic E-state index is 0.0688. The van der Waals surface area contributed by atoms with Gasteiger partial charge in [-0.25, -0.2) is 4.39 Å². The van der Waals surface area contributed by atoms with Crippen molar-refractivity contribution in [1.29, 1.82) is 0 Å². The van der Waals surface area contributed by atoms with Crippen LogP contribution in [0.4, 0.5) is 10.1 Å². The average Bonchev–Trinajstić information content (AvgIpc) is 2.61. The van der Waals surface area contributed by atoms with Crippen LogP contribution in [-0.2, 0) is 16.6 Å². The maximum Gasteiger partial charge on any atom is 0.227 e. The first-order chi connectivity index (χ1) is 12.3. The first-order valence-corrected chi connectivity index (χ1v) is 9.21. The lowest BCUT2D eigenvalue weighted by atomic mass is 9.85. The van der Waals surface area contributed by atoms with Crippen LogP contribution in [0, 0.1) is 5.82 Å². The van der Waals surface area contributed by atoms with Crippen molar-refractivity contribution in [3.05, 3.63) is 65.5 Å². The fraction of sp³-hybridized carbons (Fsp3) is 0.409. The zero-order chi connectivity index (χ0) is 18.7. The molecule has 3 nitrogen and oxygen atoms in total. The number of piperazine rings is 1. The summed E-state index contributed by atoms with van der Waals surface area (Å²) in [6.07, 6.45) is 0.260. The summed E-state index contributed by atoms with van der Waals surface area (Å²) in [6.45, 7) is 9.73. The van der Waals surface area contributed by atoms with Gasteiger partial charge in [-0.2, -0.15) is 0 Å². The van der Waals surface area contributed by atoms with Gasteiger partial charge < -0.3 is 9.80 Å². The van der Waals surface area contributed by atoms with Crippen LogP contribution in [0.3, 0.4) is 0 Å². The van der Waals surface area contributed by atoms with Crippen molar-refractivity contribution < 1.29 is 9.18 Å². The highest BCUT2D eigenvalue weighted by atomic mass is 19.1. The third kappa shape index (κ3) is 4.24. The van der Waals surface area contributed by atoms with E-state index in [4.69, 9.17) is 0 Å². The van der Waals surface area contributed by atoms with Crippen molar-refractivity contribution in [3.8, 4) is 0 Å². The van der Waals surface area contributed by atoms with Crippen LogP contribution in [0.15, 0.2) is 48.5 Å². The van der Waals surface area contributed by atoms with Gasteiger partial charge in [-0.05, 0) is 34.7 Å². The molecular weight excluding hydrogens is 327 g/mol. The highest BCUT2D eigenvalue weighted by Gasteiger charge is 2.25. The van der Waals surface area contributed by atoms with E-state index in [0.29, 0.717) is 13.1 Å². The maximum atomic E-state index is 13.3. The summed E-state index contributed by atoms with van der Waals surface area (Å²) in [7, 11) is 0. The zero-order valence-electron chi connectivity index (χ0n) is 15.8. The Bertz CT molecular complexity index is 774. The topological polar surface area (TPSA) is 23.6 Å². The fourth-order valence-electron chi connectivity index (χ4n) is 3.51. The minimum atomic E-state index is -0.293. The molecule has 4 heteroatoms. The molecule has 138 valence electrons. The number of para-hydroxylation sites is 1. The summed E-state index contributed by atoms with van der Waals surface area (Å²) in [5.41, 5.74) is 3.41. The smallest absolute Gasteiger partial charge is 0.227 e. The van der Waals surface area contributed by atoms with Gasteiger partial charge in [-0.1, -0.05) is 51.1 Å². The first kappa shape index (κ1) is 18.4. The standard InChI is InChI=1S/C22H27FN2O/c1-22(2,3)19-9-4-5-10-20(19)24-11-13-25(14-12-24)21(26)16-17-7-6-8-18(23)15-17/h4-10,15H,11-14,16H2,1-3H3. The number of hydrogen-bond donors (Lipinski definition) is 0. The number of benzene rings is 2. The van der Waals surface area contributed by atoms with E-state index in [1.54, 1.807) is 12.1 Å². The van der Waals surface area contributed by atoms with Crippen molar-refractivity contribution in [2.75, 3.05) is 31.1 Å². The van der Waals surface area contributed by atoms with Crippen LogP contribution in [0.2, 0.25) is 0 Å². The Hall–Kier alpha value is -2.36. The maximum absolute atomic E-state index is 13.3. The number of carbonyl (C=O) groups excluding carboxylic acids is 1. The molecule has 1 heterocycles. The molecule has 0 N–H and O–H groups in total. The predicted molar refractivity (Wildman–Crippen MR) is 104 cm³/mol. The molecule has 0 bridgehead atoms. The fourth-order valence-corrected chi connectivity index (χ4v) is 3.51. The second-order valence-electron chi connectivity index (χ2n) is 7.94. The summed E-state index contributed by atoms with van der Waals surface area (Å²) in [5.74, 6) is -0.224. The third-order valence-corrected chi connectivity index (χ3v) is 4.93. The van der Waals surface area contributed by atoms with Gasteiger partial charge >= 0.3 is 0 Å². The number of carbonyl (C=O) groups is 1. The summed E-state index contributed by atoms with van der Waals surface area (Å²) in [5, 5.41) is 0. The number of halogens is 1. The molecule has 2 aromatic carbocycles. The van der Waals surface area contributed by atoms with Crippen molar-refractivity contribution in [2.45, 2.75) is 32.6 Å². The van der Waals surface area contributed by atoms with E-state index >= 15 is 0 Å². The third-order valence-electron chi connectivity index (χ3n) is 4.93. The molecule has 1 saturated heterocycles. The molecule has 0 atom stereocenters. The van der Waals surface area contributed by atoms with Crippen molar-refractivity contribution in [2.24, 2.45) is 0 Å². The molecule has 0 aliphatic carbocycles. The van der Waals surface area contributed by atoms with E-state index in [-0.39, 0.29) is 23.6 Å². The predicted octanol–water partition coefficient (Wildman–Crippen LogP) is 4.01. The van der Waals surface area contributed by atoms with E-state index in [9.17, 15) is 9.18 Å². The Labute approximate surface area is 155 Å². The Morgan fingerprint density at radius 2 is 1.69 bits per heavy atom. The molecular formula is C22H27FN2O. The van der Waals surface area contributed by atoms with Crippen LogP contribution >= 0.6 is 0 Å². The monoisotopic (exact) mass is 354 g/mol. The summed E-state index contributed by atoms with van der Waals surface area (Å²) in [6, 6.07) is 14.8. The Balaban J connectivity index is 1.64. The Morgan fingerprint density at radius 3 is 2.35 bits per heavy atom. The van der Waals surface area contributed by atoms with Crippen LogP contribution in [0.25, 0.3) is 0 Å². The second kappa shape index (κ2) is 7.48. The van der Waals surface area contributed by atoms with Gasteiger partial charge in [0.15, 0.2) is 0 Å². The number of hydrogen-bond acceptors (Lipinski definition) is 2. The highest BCUT2D eigenvalue weighted by molar-refractivity contribution is 5.79. The molecule has 1 fully saturated rings. The molecule has 0 saturated carbocycles. The number of amides is 1. The van der Waals surface area contributed by atoms with Crippen LogP contribution in [0.5, 0.6) is 0 Å². The number of anilines is 1. The molecule has 1 aliphatic heterocycles. The zero-order valence-corrected chi connectivity index (χ0v) is 15.8. The minimum Gasteiger partial charge on any atom is -0.368 e.